The van der Waals surface area contributed by atoms with Gasteiger partial charge >= 0.3 is 0 Å². The van der Waals surface area contributed by atoms with Crippen molar-refractivity contribution < 1.29 is 8.78 Å². The normalized spacial score (nSPS) is 10.8. The molecular formula is C14H11F2N5. The molecule has 0 spiro atoms. The number of hydrogen-bond donors (Lipinski definition) is 1. The van der Waals surface area contributed by atoms with Crippen molar-refractivity contribution in [1.29, 1.82) is 0 Å². The predicted octanol–water partition coefficient (Wildman–Crippen LogP) is 2.50. The molecule has 0 saturated heterocycles. The summed E-state index contributed by atoms with van der Waals surface area (Å²) in [5.41, 5.74) is 7.45. The summed E-state index contributed by atoms with van der Waals surface area (Å²) in [7, 11) is 0. The van der Waals surface area contributed by atoms with Gasteiger partial charge in [0.25, 0.3) is 0 Å². The molecule has 0 radical (unpaired) electrons. The van der Waals surface area contributed by atoms with Crippen LogP contribution in [-0.2, 0) is 0 Å². The highest BCUT2D eigenvalue weighted by molar-refractivity contribution is 5.73. The summed E-state index contributed by atoms with van der Waals surface area (Å²) in [6.07, 6.45) is 0. The van der Waals surface area contributed by atoms with Gasteiger partial charge in [0.05, 0.1) is 0 Å². The zero-order valence-corrected chi connectivity index (χ0v) is 11.1. The van der Waals surface area contributed by atoms with Crippen LogP contribution in [0.1, 0.15) is 5.56 Å². The van der Waals surface area contributed by atoms with Crippen molar-refractivity contribution in [3.05, 3.63) is 53.6 Å². The Kier molecular flexibility index (Phi) is 3.09. The summed E-state index contributed by atoms with van der Waals surface area (Å²) in [6.45, 7) is 1.88. The van der Waals surface area contributed by atoms with Crippen LogP contribution in [0.3, 0.4) is 0 Å². The number of para-hydroxylation sites is 1. The average Bonchev–Trinajstić information content (AvgIpc) is 2.90. The van der Waals surface area contributed by atoms with E-state index < -0.39 is 11.6 Å². The first kappa shape index (κ1) is 13.2. The van der Waals surface area contributed by atoms with Crippen LogP contribution in [-0.4, -0.2) is 20.2 Å². The van der Waals surface area contributed by atoms with E-state index in [1.165, 1.54) is 6.07 Å². The van der Waals surface area contributed by atoms with Crippen molar-refractivity contribution in [2.24, 2.45) is 0 Å². The van der Waals surface area contributed by atoms with E-state index in [1.807, 2.05) is 13.0 Å². The van der Waals surface area contributed by atoms with Gasteiger partial charge in [-0.15, -0.1) is 5.10 Å². The molecule has 2 N–H and O–H groups in total. The molecule has 7 heteroatoms. The lowest BCUT2D eigenvalue weighted by molar-refractivity contribution is 0.557. The van der Waals surface area contributed by atoms with E-state index in [1.54, 1.807) is 12.1 Å². The third-order valence-corrected chi connectivity index (χ3v) is 3.07. The molecule has 0 amide bonds. The van der Waals surface area contributed by atoms with Crippen molar-refractivity contribution in [3.8, 4) is 17.1 Å². The molecule has 0 aliphatic rings. The zero-order valence-electron chi connectivity index (χ0n) is 11.1. The Morgan fingerprint density at radius 2 is 1.81 bits per heavy atom. The number of aromatic nitrogens is 4. The molecule has 106 valence electrons. The van der Waals surface area contributed by atoms with Gasteiger partial charge in [0.2, 0.25) is 0 Å². The van der Waals surface area contributed by atoms with Crippen molar-refractivity contribution in [2.45, 2.75) is 6.92 Å². The molecule has 0 fully saturated rings. The van der Waals surface area contributed by atoms with Gasteiger partial charge in [-0.05, 0) is 41.6 Å². The maximum Gasteiger partial charge on any atom is 0.189 e. The van der Waals surface area contributed by atoms with E-state index in [4.69, 9.17) is 5.73 Å². The largest absolute Gasteiger partial charge is 0.398 e. The Morgan fingerprint density at radius 1 is 1.10 bits per heavy atom. The van der Waals surface area contributed by atoms with Gasteiger partial charge in [0, 0.05) is 11.3 Å². The van der Waals surface area contributed by atoms with Gasteiger partial charge in [0.15, 0.2) is 17.5 Å². The molecular weight excluding hydrogens is 276 g/mol. The standard InChI is InChI=1S/C14H11F2N5/c1-8-5-6-12(17)9(7-8)14-18-19-20-21(14)13-10(15)3-2-4-11(13)16/h2-7H,17H2,1H3. The number of tetrazole rings is 1. The molecule has 0 aliphatic heterocycles. The summed E-state index contributed by atoms with van der Waals surface area (Å²) < 4.78 is 28.8. The second-order valence-corrected chi connectivity index (χ2v) is 4.58. The Morgan fingerprint density at radius 3 is 2.52 bits per heavy atom. The van der Waals surface area contributed by atoms with E-state index in [9.17, 15) is 8.78 Å². The fraction of sp³-hybridized carbons (Fsp3) is 0.0714. The summed E-state index contributed by atoms with van der Waals surface area (Å²) in [6, 6.07) is 8.85. The number of nitrogens with two attached hydrogens (primary N) is 1. The van der Waals surface area contributed by atoms with Crippen LogP contribution in [0.2, 0.25) is 0 Å². The van der Waals surface area contributed by atoms with E-state index in [-0.39, 0.29) is 11.5 Å². The Bertz CT molecular complexity index is 793. The number of benzene rings is 2. The molecule has 0 unspecified atom stereocenters. The minimum absolute atomic E-state index is 0.181. The fourth-order valence-corrected chi connectivity index (χ4v) is 2.06. The third kappa shape index (κ3) is 2.22. The SMILES string of the molecule is Cc1ccc(N)c(-c2nnnn2-c2c(F)cccc2F)c1. The minimum Gasteiger partial charge on any atom is -0.398 e. The van der Waals surface area contributed by atoms with Crippen molar-refractivity contribution in [3.63, 3.8) is 0 Å². The van der Waals surface area contributed by atoms with E-state index >= 15 is 0 Å². The minimum atomic E-state index is -0.755. The van der Waals surface area contributed by atoms with Crippen molar-refractivity contribution in [2.75, 3.05) is 5.73 Å². The van der Waals surface area contributed by atoms with Crippen molar-refractivity contribution in [1.82, 2.24) is 20.2 Å². The topological polar surface area (TPSA) is 69.6 Å². The maximum absolute atomic E-state index is 13.9. The Labute approximate surface area is 119 Å². The lowest BCUT2D eigenvalue weighted by atomic mass is 10.1. The number of nitrogens with zero attached hydrogens (tertiary/aromatic N) is 4. The molecule has 1 heterocycles. The number of anilines is 1. The number of rotatable bonds is 2. The van der Waals surface area contributed by atoms with Crippen LogP contribution in [0, 0.1) is 18.6 Å². The first-order valence-corrected chi connectivity index (χ1v) is 6.17. The lowest BCUT2D eigenvalue weighted by Gasteiger charge is -2.09. The van der Waals surface area contributed by atoms with Crippen LogP contribution in [0.15, 0.2) is 36.4 Å². The molecule has 0 aliphatic carbocycles. The molecule has 5 nitrogen and oxygen atoms in total. The van der Waals surface area contributed by atoms with Crippen LogP contribution >= 0.6 is 0 Å². The molecule has 1 aromatic heterocycles. The average molecular weight is 287 g/mol. The first-order chi connectivity index (χ1) is 10.1. The summed E-state index contributed by atoms with van der Waals surface area (Å²) >= 11 is 0. The lowest BCUT2D eigenvalue weighted by Crippen LogP contribution is -2.06. The van der Waals surface area contributed by atoms with Crippen molar-refractivity contribution >= 4 is 5.69 Å². The highest BCUT2D eigenvalue weighted by Crippen LogP contribution is 2.28. The highest BCUT2D eigenvalue weighted by Gasteiger charge is 2.19. The molecule has 21 heavy (non-hydrogen) atoms. The first-order valence-electron chi connectivity index (χ1n) is 6.17. The van der Waals surface area contributed by atoms with Gasteiger partial charge in [-0.25, -0.2) is 8.78 Å². The van der Waals surface area contributed by atoms with Crippen LogP contribution < -0.4 is 5.73 Å². The van der Waals surface area contributed by atoms with Crippen LogP contribution in [0.5, 0.6) is 0 Å². The summed E-state index contributed by atoms with van der Waals surface area (Å²) in [5, 5.41) is 11.0. The molecule has 2 aromatic carbocycles. The number of nitrogen functional groups attached to an aromatic ring is 1. The molecule has 3 aromatic rings. The van der Waals surface area contributed by atoms with E-state index in [0.29, 0.717) is 11.3 Å². The molecule has 0 atom stereocenters. The van der Waals surface area contributed by atoms with Gasteiger partial charge < -0.3 is 5.73 Å². The predicted molar refractivity (Wildman–Crippen MR) is 73.7 cm³/mol. The molecule has 0 saturated carbocycles. The second kappa shape index (κ2) is 4.93. The number of halogens is 2. The number of aryl methyl sites for hydroxylation is 1. The molecule has 3 rings (SSSR count). The van der Waals surface area contributed by atoms with Gasteiger partial charge in [-0.2, -0.15) is 4.68 Å². The Balaban J connectivity index is 2.25. The second-order valence-electron chi connectivity index (χ2n) is 4.58. The van der Waals surface area contributed by atoms with Gasteiger partial charge in [-0.3, -0.25) is 0 Å². The smallest absolute Gasteiger partial charge is 0.189 e. The van der Waals surface area contributed by atoms with E-state index in [2.05, 4.69) is 15.5 Å². The fourth-order valence-electron chi connectivity index (χ4n) is 2.06. The van der Waals surface area contributed by atoms with E-state index in [0.717, 1.165) is 22.4 Å². The zero-order chi connectivity index (χ0) is 15.0. The van der Waals surface area contributed by atoms with Gasteiger partial charge in [0.1, 0.15) is 5.69 Å². The molecule has 0 bridgehead atoms. The monoisotopic (exact) mass is 287 g/mol. The van der Waals surface area contributed by atoms with Gasteiger partial charge in [-0.1, -0.05) is 17.7 Å². The highest BCUT2D eigenvalue weighted by atomic mass is 19.1. The maximum atomic E-state index is 13.9. The number of hydrogen-bond acceptors (Lipinski definition) is 4. The quantitative estimate of drug-likeness (QED) is 0.735. The van der Waals surface area contributed by atoms with Crippen LogP contribution in [0.25, 0.3) is 17.1 Å². The van der Waals surface area contributed by atoms with Crippen LogP contribution in [0.4, 0.5) is 14.5 Å². The summed E-state index contributed by atoms with van der Waals surface area (Å²) in [4.78, 5) is 0. The third-order valence-electron chi connectivity index (χ3n) is 3.07. The Hall–Kier alpha value is -2.83. The summed E-state index contributed by atoms with van der Waals surface area (Å²) in [5.74, 6) is -1.33.